The number of aromatic nitrogens is 2. The van der Waals surface area contributed by atoms with Crippen molar-refractivity contribution in [3.63, 3.8) is 0 Å². The molecule has 1 saturated heterocycles. The van der Waals surface area contributed by atoms with E-state index in [1.165, 1.54) is 12.1 Å². The molecule has 0 saturated carbocycles. The lowest BCUT2D eigenvalue weighted by molar-refractivity contribution is 0.154. The minimum absolute atomic E-state index is 0.0687. The average molecular weight is 535 g/mol. The molecule has 1 fully saturated rings. The first-order valence-corrected chi connectivity index (χ1v) is 14.4. The first kappa shape index (κ1) is 26.5. The van der Waals surface area contributed by atoms with Gasteiger partial charge >= 0.3 is 0 Å². The van der Waals surface area contributed by atoms with Gasteiger partial charge in [-0.25, -0.2) is 12.8 Å². The molecular weight excluding hydrogens is 499 g/mol. The molecule has 1 unspecified atom stereocenters. The highest BCUT2D eigenvalue weighted by atomic mass is 32.2. The number of benzene rings is 2. The minimum atomic E-state index is -3.75. The second-order valence-electron chi connectivity index (χ2n) is 11.4. The van der Waals surface area contributed by atoms with E-state index in [0.29, 0.717) is 37.4 Å². The highest BCUT2D eigenvalue weighted by molar-refractivity contribution is 7.89. The van der Waals surface area contributed by atoms with Crippen molar-refractivity contribution in [1.82, 2.24) is 19.8 Å². The van der Waals surface area contributed by atoms with Crippen LogP contribution < -0.4 is 5.32 Å². The lowest BCUT2D eigenvalue weighted by Gasteiger charge is -2.50. The standard InChI is InChI=1S/C30H35FN4O2S/c1-5-15-32-28(21-6-10-25(31)11-7-21)30-18-22-19-33-34-27(22)17-24(30)14-16-35(20-30)38(36,37)26-12-8-23(9-13-26)29(2,3)4/h5-13,17,19,28,32H,1,14-16,18,20H2,2-4H3,(H,33,34)/t28?,30-/m1/s1. The van der Waals surface area contributed by atoms with Crippen LogP contribution in [-0.4, -0.2) is 42.6 Å². The van der Waals surface area contributed by atoms with Crippen LogP contribution >= 0.6 is 0 Å². The Labute approximate surface area is 224 Å². The predicted molar refractivity (Wildman–Crippen MR) is 149 cm³/mol. The third-order valence-corrected chi connectivity index (χ3v) is 9.74. The van der Waals surface area contributed by atoms with Gasteiger partial charge in [0.05, 0.1) is 16.8 Å². The largest absolute Gasteiger partial charge is 0.306 e. The molecule has 0 bridgehead atoms. The van der Waals surface area contributed by atoms with Crippen molar-refractivity contribution >= 4 is 16.1 Å². The summed E-state index contributed by atoms with van der Waals surface area (Å²) < 4.78 is 43.5. The third-order valence-electron chi connectivity index (χ3n) is 7.88. The van der Waals surface area contributed by atoms with Crippen molar-refractivity contribution in [3.8, 4) is 0 Å². The van der Waals surface area contributed by atoms with Crippen molar-refractivity contribution in [2.75, 3.05) is 19.6 Å². The molecule has 0 radical (unpaired) electrons. The Kier molecular flexibility index (Phi) is 6.92. The number of sulfonamides is 1. The predicted octanol–water partition coefficient (Wildman–Crippen LogP) is 5.38. The Bertz CT molecular complexity index is 1450. The van der Waals surface area contributed by atoms with Crippen LogP contribution in [-0.2, 0) is 21.9 Å². The third kappa shape index (κ3) is 4.77. The van der Waals surface area contributed by atoms with E-state index >= 15 is 0 Å². The monoisotopic (exact) mass is 534 g/mol. The zero-order valence-electron chi connectivity index (χ0n) is 22.2. The molecule has 200 valence electrons. The molecule has 2 atom stereocenters. The molecule has 2 aliphatic rings. The first-order valence-electron chi connectivity index (χ1n) is 13.0. The average Bonchev–Trinajstić information content (AvgIpc) is 3.34. The van der Waals surface area contributed by atoms with Gasteiger partial charge in [-0.3, -0.25) is 5.10 Å². The van der Waals surface area contributed by atoms with Gasteiger partial charge in [-0.2, -0.15) is 9.40 Å². The smallest absolute Gasteiger partial charge is 0.243 e. The number of halogens is 1. The molecule has 2 aromatic carbocycles. The van der Waals surface area contributed by atoms with Gasteiger partial charge < -0.3 is 5.32 Å². The van der Waals surface area contributed by atoms with E-state index in [-0.39, 0.29) is 17.3 Å². The molecule has 0 spiro atoms. The maximum atomic E-state index is 14.0. The number of rotatable bonds is 7. The lowest BCUT2D eigenvalue weighted by atomic mass is 9.63. The van der Waals surface area contributed by atoms with E-state index in [0.717, 1.165) is 28.0 Å². The minimum Gasteiger partial charge on any atom is -0.306 e. The first-order chi connectivity index (χ1) is 18.0. The molecule has 5 rings (SSSR count). The number of hydrogen-bond acceptors (Lipinski definition) is 4. The van der Waals surface area contributed by atoms with Gasteiger partial charge in [0, 0.05) is 31.1 Å². The fourth-order valence-electron chi connectivity index (χ4n) is 5.82. The number of H-pyrrole nitrogens is 1. The fourth-order valence-corrected chi connectivity index (χ4v) is 7.33. The molecule has 1 aliphatic heterocycles. The Hall–Kier alpha value is -3.07. The molecule has 3 aromatic rings. The molecule has 1 aromatic heterocycles. The van der Waals surface area contributed by atoms with Crippen molar-refractivity contribution in [3.05, 3.63) is 101 Å². The van der Waals surface area contributed by atoms with Crippen LogP contribution in [0.2, 0.25) is 0 Å². The van der Waals surface area contributed by atoms with Crippen molar-refractivity contribution in [2.24, 2.45) is 5.41 Å². The summed E-state index contributed by atoms with van der Waals surface area (Å²) >= 11 is 0. The summed E-state index contributed by atoms with van der Waals surface area (Å²) in [6.07, 6.45) is 6.92. The van der Waals surface area contributed by atoms with E-state index in [9.17, 15) is 12.8 Å². The van der Waals surface area contributed by atoms with E-state index in [2.05, 4.69) is 48.9 Å². The fraction of sp³-hybridized carbons (Fsp3) is 0.367. The summed E-state index contributed by atoms with van der Waals surface area (Å²) in [5, 5.41) is 10.9. The molecular formula is C30H35FN4O2S. The molecule has 2 heterocycles. The van der Waals surface area contributed by atoms with Gasteiger partial charge in [0.15, 0.2) is 0 Å². The van der Waals surface area contributed by atoms with Crippen LogP contribution in [0.25, 0.3) is 6.08 Å². The summed E-state index contributed by atoms with van der Waals surface area (Å²) in [4.78, 5) is 0.297. The van der Waals surface area contributed by atoms with Crippen LogP contribution in [0.15, 0.2) is 77.9 Å². The van der Waals surface area contributed by atoms with Crippen LogP contribution in [0.5, 0.6) is 0 Å². The van der Waals surface area contributed by atoms with Crippen LogP contribution in [0, 0.1) is 11.2 Å². The molecule has 8 heteroatoms. The molecule has 6 nitrogen and oxygen atoms in total. The van der Waals surface area contributed by atoms with E-state index in [4.69, 9.17) is 0 Å². The van der Waals surface area contributed by atoms with Crippen LogP contribution in [0.4, 0.5) is 4.39 Å². The number of nitrogens with zero attached hydrogens (tertiary/aromatic N) is 2. The number of aromatic amines is 1. The van der Waals surface area contributed by atoms with Gasteiger partial charge in [-0.1, -0.05) is 56.7 Å². The summed E-state index contributed by atoms with van der Waals surface area (Å²) in [5.41, 5.74) is 4.49. The number of nitrogens with one attached hydrogen (secondary N) is 2. The second-order valence-corrected chi connectivity index (χ2v) is 13.3. The molecule has 1 aliphatic carbocycles. The Morgan fingerprint density at radius 3 is 2.55 bits per heavy atom. The SMILES string of the molecule is C=CCNC(c1ccc(F)cc1)[C@@]12Cc3cn[nH]c3C=C1CCN(S(=O)(=O)c1ccc(C(C)(C)C)cc1)C2. The highest BCUT2D eigenvalue weighted by Gasteiger charge is 2.50. The van der Waals surface area contributed by atoms with Crippen molar-refractivity contribution in [2.45, 2.75) is 50.0 Å². The van der Waals surface area contributed by atoms with Crippen molar-refractivity contribution < 1.29 is 12.8 Å². The van der Waals surface area contributed by atoms with Gasteiger partial charge in [-0.05, 0) is 65.3 Å². The summed E-state index contributed by atoms with van der Waals surface area (Å²) in [6.45, 7) is 11.4. The Morgan fingerprint density at radius 1 is 1.18 bits per heavy atom. The van der Waals surface area contributed by atoms with Gasteiger partial charge in [0.2, 0.25) is 10.0 Å². The molecule has 0 amide bonds. The summed E-state index contributed by atoms with van der Waals surface area (Å²) in [5.74, 6) is -0.309. The Balaban J connectivity index is 1.58. The van der Waals surface area contributed by atoms with E-state index in [1.807, 2.05) is 18.3 Å². The van der Waals surface area contributed by atoms with Crippen LogP contribution in [0.3, 0.4) is 0 Å². The summed E-state index contributed by atoms with van der Waals surface area (Å²) in [6, 6.07) is 13.5. The van der Waals surface area contributed by atoms with Crippen molar-refractivity contribution in [1.29, 1.82) is 0 Å². The zero-order valence-corrected chi connectivity index (χ0v) is 23.0. The number of piperidine rings is 1. The van der Waals surface area contributed by atoms with E-state index in [1.54, 1.807) is 34.6 Å². The number of fused-ring (bicyclic) bond motifs is 2. The second kappa shape index (κ2) is 9.91. The number of hydrogen-bond donors (Lipinski definition) is 2. The van der Waals surface area contributed by atoms with E-state index < -0.39 is 15.4 Å². The quantitative estimate of drug-likeness (QED) is 0.399. The normalized spacial score (nSPS) is 20.8. The molecule has 38 heavy (non-hydrogen) atoms. The van der Waals surface area contributed by atoms with Gasteiger partial charge in [-0.15, -0.1) is 6.58 Å². The maximum Gasteiger partial charge on any atom is 0.243 e. The van der Waals surface area contributed by atoms with Crippen LogP contribution in [0.1, 0.15) is 55.6 Å². The lowest BCUT2D eigenvalue weighted by Crippen LogP contribution is -2.54. The zero-order chi connectivity index (χ0) is 27.1. The van der Waals surface area contributed by atoms with Gasteiger partial charge in [0.25, 0.3) is 0 Å². The summed E-state index contributed by atoms with van der Waals surface area (Å²) in [7, 11) is -3.75. The molecule has 2 N–H and O–H groups in total. The Morgan fingerprint density at radius 2 is 1.89 bits per heavy atom. The topological polar surface area (TPSA) is 78.1 Å². The van der Waals surface area contributed by atoms with Gasteiger partial charge in [0.1, 0.15) is 5.82 Å². The highest BCUT2D eigenvalue weighted by Crippen LogP contribution is 2.51. The maximum absolute atomic E-state index is 14.0.